The van der Waals surface area contributed by atoms with Gasteiger partial charge in [-0.25, -0.2) is 0 Å². The van der Waals surface area contributed by atoms with Crippen molar-refractivity contribution in [2.75, 3.05) is 6.61 Å². The molecule has 1 aromatic heterocycles. The Balaban J connectivity index is 1.65. The van der Waals surface area contributed by atoms with Gasteiger partial charge in [-0.05, 0) is 25.3 Å². The van der Waals surface area contributed by atoms with Gasteiger partial charge in [-0.1, -0.05) is 29.5 Å². The third-order valence-corrected chi connectivity index (χ3v) is 4.69. The van der Waals surface area contributed by atoms with Crippen molar-refractivity contribution < 1.29 is 24.2 Å². The van der Waals surface area contributed by atoms with Crippen LogP contribution in [0.3, 0.4) is 0 Å². The SMILES string of the molecule is O=C(O)CC(=O)c1cccc(-c2nnc(COC3CCCCO3)s2)c1. The molecular weight excluding hydrogens is 344 g/mol. The minimum atomic E-state index is -1.14. The van der Waals surface area contributed by atoms with Gasteiger partial charge in [0.05, 0.1) is 0 Å². The lowest BCUT2D eigenvalue weighted by Gasteiger charge is -2.21. The fourth-order valence-corrected chi connectivity index (χ4v) is 3.26. The van der Waals surface area contributed by atoms with Crippen molar-refractivity contribution in [2.24, 2.45) is 0 Å². The van der Waals surface area contributed by atoms with Gasteiger partial charge in [0, 0.05) is 17.7 Å². The van der Waals surface area contributed by atoms with Crippen LogP contribution in [0.2, 0.25) is 0 Å². The third-order valence-electron chi connectivity index (χ3n) is 3.74. The van der Waals surface area contributed by atoms with Crippen molar-refractivity contribution in [3.05, 3.63) is 34.8 Å². The topological polar surface area (TPSA) is 98.6 Å². The van der Waals surface area contributed by atoms with E-state index in [2.05, 4.69) is 10.2 Å². The van der Waals surface area contributed by atoms with E-state index in [1.165, 1.54) is 11.3 Å². The summed E-state index contributed by atoms with van der Waals surface area (Å²) in [5.74, 6) is -1.58. The highest BCUT2D eigenvalue weighted by molar-refractivity contribution is 7.14. The predicted molar refractivity (Wildman–Crippen MR) is 90.3 cm³/mol. The fraction of sp³-hybridized carbons (Fsp3) is 0.412. The summed E-state index contributed by atoms with van der Waals surface area (Å²) in [7, 11) is 0. The molecule has 0 aliphatic carbocycles. The molecule has 1 aliphatic rings. The lowest BCUT2D eigenvalue weighted by Crippen LogP contribution is -2.21. The van der Waals surface area contributed by atoms with Crippen LogP contribution in [-0.2, 0) is 20.9 Å². The molecule has 1 aromatic carbocycles. The molecule has 1 N–H and O–H groups in total. The summed E-state index contributed by atoms with van der Waals surface area (Å²) in [6, 6.07) is 6.76. The number of hydrogen-bond acceptors (Lipinski definition) is 7. The van der Waals surface area contributed by atoms with Gasteiger partial charge in [-0.3, -0.25) is 9.59 Å². The molecule has 0 spiro atoms. The Bertz CT molecular complexity index is 755. The van der Waals surface area contributed by atoms with Crippen LogP contribution < -0.4 is 0 Å². The van der Waals surface area contributed by atoms with Gasteiger partial charge in [0.1, 0.15) is 23.0 Å². The molecule has 25 heavy (non-hydrogen) atoms. The zero-order valence-corrected chi connectivity index (χ0v) is 14.3. The fourth-order valence-electron chi connectivity index (χ4n) is 2.50. The molecule has 2 heterocycles. The number of ketones is 1. The quantitative estimate of drug-likeness (QED) is 0.597. The van der Waals surface area contributed by atoms with E-state index in [9.17, 15) is 9.59 Å². The first-order valence-electron chi connectivity index (χ1n) is 8.03. The maximum Gasteiger partial charge on any atom is 0.311 e. The van der Waals surface area contributed by atoms with Crippen molar-refractivity contribution >= 4 is 23.1 Å². The second kappa shape index (κ2) is 8.28. The normalized spacial score (nSPS) is 17.4. The van der Waals surface area contributed by atoms with Crippen LogP contribution in [0.5, 0.6) is 0 Å². The van der Waals surface area contributed by atoms with Gasteiger partial charge in [-0.2, -0.15) is 0 Å². The Morgan fingerprint density at radius 2 is 2.20 bits per heavy atom. The number of carboxylic acids is 1. The number of hydrogen-bond donors (Lipinski definition) is 1. The summed E-state index contributed by atoms with van der Waals surface area (Å²) in [5.41, 5.74) is 1.08. The second-order valence-corrected chi connectivity index (χ2v) is 6.74. The molecule has 8 heteroatoms. The summed E-state index contributed by atoms with van der Waals surface area (Å²) < 4.78 is 11.2. The van der Waals surface area contributed by atoms with E-state index in [1.54, 1.807) is 18.2 Å². The Labute approximate surface area is 148 Å². The molecule has 2 aromatic rings. The number of carbonyl (C=O) groups excluding carboxylic acids is 1. The zero-order chi connectivity index (χ0) is 17.6. The summed E-state index contributed by atoms with van der Waals surface area (Å²) in [5, 5.41) is 18.4. The van der Waals surface area contributed by atoms with Crippen molar-refractivity contribution in [3.8, 4) is 10.6 Å². The largest absolute Gasteiger partial charge is 0.481 e. The van der Waals surface area contributed by atoms with Gasteiger partial charge < -0.3 is 14.6 Å². The minimum absolute atomic E-state index is 0.182. The van der Waals surface area contributed by atoms with Crippen LogP contribution in [-0.4, -0.2) is 40.0 Å². The van der Waals surface area contributed by atoms with Crippen LogP contribution >= 0.6 is 11.3 Å². The number of nitrogens with zero attached hydrogens (tertiary/aromatic N) is 2. The van der Waals surface area contributed by atoms with Gasteiger partial charge in [0.15, 0.2) is 12.1 Å². The summed E-state index contributed by atoms with van der Waals surface area (Å²) in [6.45, 7) is 1.06. The standard InChI is InChI=1S/C17H18N2O5S/c20-13(9-15(21)22)11-4-3-5-12(8-11)17-19-18-14(25-17)10-24-16-6-1-2-7-23-16/h3-5,8,16H,1-2,6-7,9-10H2,(H,21,22). The number of carbonyl (C=O) groups is 2. The summed E-state index contributed by atoms with van der Waals surface area (Å²) in [4.78, 5) is 22.6. The van der Waals surface area contributed by atoms with E-state index >= 15 is 0 Å². The van der Waals surface area contributed by atoms with Crippen molar-refractivity contribution in [1.29, 1.82) is 0 Å². The number of ether oxygens (including phenoxy) is 2. The Morgan fingerprint density at radius 3 is 2.96 bits per heavy atom. The van der Waals surface area contributed by atoms with Crippen LogP contribution in [0.25, 0.3) is 10.6 Å². The van der Waals surface area contributed by atoms with Crippen molar-refractivity contribution in [3.63, 3.8) is 0 Å². The van der Waals surface area contributed by atoms with Gasteiger partial charge >= 0.3 is 5.97 Å². The maximum absolute atomic E-state index is 11.9. The van der Waals surface area contributed by atoms with Crippen LogP contribution in [0, 0.1) is 0 Å². The first-order chi connectivity index (χ1) is 12.1. The number of aromatic nitrogens is 2. The van der Waals surface area contributed by atoms with Crippen LogP contribution in [0.1, 0.15) is 41.0 Å². The molecule has 7 nitrogen and oxygen atoms in total. The van der Waals surface area contributed by atoms with E-state index in [-0.39, 0.29) is 6.29 Å². The third kappa shape index (κ3) is 4.91. The molecule has 1 fully saturated rings. The molecule has 1 unspecified atom stereocenters. The van der Waals surface area contributed by atoms with Crippen LogP contribution in [0.4, 0.5) is 0 Å². The Morgan fingerprint density at radius 1 is 1.32 bits per heavy atom. The minimum Gasteiger partial charge on any atom is -0.481 e. The molecule has 0 bridgehead atoms. The zero-order valence-electron chi connectivity index (χ0n) is 13.5. The molecule has 0 amide bonds. The number of carboxylic acid groups (broad SMARTS) is 1. The van der Waals surface area contributed by atoms with E-state index in [0.29, 0.717) is 17.2 Å². The van der Waals surface area contributed by atoms with Crippen molar-refractivity contribution in [1.82, 2.24) is 10.2 Å². The molecule has 0 radical (unpaired) electrons. The second-order valence-electron chi connectivity index (χ2n) is 5.68. The Kier molecular flexibility index (Phi) is 5.85. The lowest BCUT2D eigenvalue weighted by atomic mass is 10.1. The molecule has 0 saturated carbocycles. The van der Waals surface area contributed by atoms with Crippen LogP contribution in [0.15, 0.2) is 24.3 Å². The number of aliphatic carboxylic acids is 1. The molecule has 1 saturated heterocycles. The number of rotatable bonds is 7. The smallest absolute Gasteiger partial charge is 0.311 e. The van der Waals surface area contributed by atoms with E-state index in [0.717, 1.165) is 36.4 Å². The average molecular weight is 362 g/mol. The van der Waals surface area contributed by atoms with E-state index < -0.39 is 18.2 Å². The molecular formula is C17H18N2O5S. The molecule has 3 rings (SSSR count). The highest BCUT2D eigenvalue weighted by Gasteiger charge is 2.16. The summed E-state index contributed by atoms with van der Waals surface area (Å²) in [6.07, 6.45) is 2.35. The van der Waals surface area contributed by atoms with Crippen molar-refractivity contribution in [2.45, 2.75) is 38.6 Å². The number of Topliss-reactive ketones (excluding diaryl/α,β-unsaturated/α-hetero) is 1. The van der Waals surface area contributed by atoms with Gasteiger partial charge in [0.25, 0.3) is 0 Å². The first-order valence-corrected chi connectivity index (χ1v) is 8.84. The highest BCUT2D eigenvalue weighted by atomic mass is 32.1. The summed E-state index contributed by atoms with van der Waals surface area (Å²) >= 11 is 1.38. The predicted octanol–water partition coefficient (Wildman–Crippen LogP) is 2.91. The van der Waals surface area contributed by atoms with Gasteiger partial charge in [-0.15, -0.1) is 10.2 Å². The van der Waals surface area contributed by atoms with Gasteiger partial charge in [0.2, 0.25) is 0 Å². The highest BCUT2D eigenvalue weighted by Crippen LogP contribution is 2.26. The maximum atomic E-state index is 11.9. The monoisotopic (exact) mass is 362 g/mol. The average Bonchev–Trinajstić information content (AvgIpc) is 3.09. The Hall–Kier alpha value is -2.16. The molecule has 1 aliphatic heterocycles. The molecule has 132 valence electrons. The lowest BCUT2D eigenvalue weighted by molar-refractivity contribution is -0.169. The van der Waals surface area contributed by atoms with E-state index in [4.69, 9.17) is 14.6 Å². The number of benzene rings is 1. The van der Waals surface area contributed by atoms with E-state index in [1.807, 2.05) is 6.07 Å². The first kappa shape index (κ1) is 17.7. The molecule has 1 atom stereocenters.